The van der Waals surface area contributed by atoms with Crippen LogP contribution in [0.4, 0.5) is 0 Å². The van der Waals surface area contributed by atoms with E-state index in [0.29, 0.717) is 12.0 Å². The number of thioether (sulfide) groups is 1. The number of ketones is 1. The van der Waals surface area contributed by atoms with Gasteiger partial charge in [-0.2, -0.15) is 0 Å². The van der Waals surface area contributed by atoms with Gasteiger partial charge in [0, 0.05) is 35.4 Å². The van der Waals surface area contributed by atoms with Gasteiger partial charge < -0.3 is 4.57 Å². The number of sulfone groups is 1. The van der Waals surface area contributed by atoms with Crippen molar-refractivity contribution < 1.29 is 13.2 Å². The Labute approximate surface area is 187 Å². The molecular formula is C23H27N3O3S2. The molecule has 1 atom stereocenters. The summed E-state index contributed by atoms with van der Waals surface area (Å²) in [6, 6.07) is 7.97. The molecule has 2 aromatic heterocycles. The molecule has 0 amide bonds. The van der Waals surface area contributed by atoms with Gasteiger partial charge in [0.15, 0.2) is 20.8 Å². The summed E-state index contributed by atoms with van der Waals surface area (Å²) < 4.78 is 27.9. The molecule has 31 heavy (non-hydrogen) atoms. The molecule has 1 aromatic carbocycles. The van der Waals surface area contributed by atoms with Gasteiger partial charge in [0.2, 0.25) is 0 Å². The highest BCUT2D eigenvalue weighted by Crippen LogP contribution is 2.30. The lowest BCUT2D eigenvalue weighted by Crippen LogP contribution is -2.14. The van der Waals surface area contributed by atoms with E-state index in [0.717, 1.165) is 22.2 Å². The lowest BCUT2D eigenvalue weighted by atomic mass is 10.1. The maximum atomic E-state index is 13.0. The standard InChI is InChI=1S/C23H27N3O3S2/c1-15-6-5-7-21(17(15)3)25-10-9-24-23(25)30-13-22(27)20-12-16(2)26(18(20)4)19-8-11-31(28,29)14-19/h5-7,9-10,12,19H,8,11,13-14H2,1-4H3. The molecule has 1 aliphatic rings. The first-order chi connectivity index (χ1) is 14.7. The molecule has 6 nitrogen and oxygen atoms in total. The molecule has 3 heterocycles. The Kier molecular flexibility index (Phi) is 5.87. The minimum Gasteiger partial charge on any atom is -0.344 e. The Morgan fingerprint density at radius 2 is 2.00 bits per heavy atom. The van der Waals surface area contributed by atoms with Gasteiger partial charge in [-0.25, -0.2) is 13.4 Å². The third-order valence-corrected chi connectivity index (χ3v) is 8.85. The number of benzene rings is 1. The van der Waals surface area contributed by atoms with Crippen LogP contribution in [0.15, 0.2) is 41.8 Å². The van der Waals surface area contributed by atoms with Gasteiger partial charge in [0.1, 0.15) is 0 Å². The summed E-state index contributed by atoms with van der Waals surface area (Å²) in [5.74, 6) is 0.670. The number of hydrogen-bond donors (Lipinski definition) is 0. The van der Waals surface area contributed by atoms with Crippen molar-refractivity contribution in [3.05, 3.63) is 64.7 Å². The molecule has 3 aromatic rings. The van der Waals surface area contributed by atoms with Gasteiger partial charge in [-0.1, -0.05) is 23.9 Å². The first-order valence-electron chi connectivity index (χ1n) is 10.3. The predicted octanol–water partition coefficient (Wildman–Crippen LogP) is 4.24. The Balaban J connectivity index is 1.53. The molecule has 0 N–H and O–H groups in total. The van der Waals surface area contributed by atoms with Gasteiger partial charge in [-0.15, -0.1) is 0 Å². The van der Waals surface area contributed by atoms with Crippen LogP contribution in [0.3, 0.4) is 0 Å². The van der Waals surface area contributed by atoms with Crippen LogP contribution >= 0.6 is 11.8 Å². The van der Waals surface area contributed by atoms with E-state index in [9.17, 15) is 13.2 Å². The fraction of sp³-hybridized carbons (Fsp3) is 0.391. The number of hydrogen-bond acceptors (Lipinski definition) is 5. The number of aryl methyl sites for hydroxylation is 2. The van der Waals surface area contributed by atoms with Gasteiger partial charge in [-0.3, -0.25) is 9.36 Å². The lowest BCUT2D eigenvalue weighted by molar-refractivity contribution is 0.102. The van der Waals surface area contributed by atoms with Crippen LogP contribution < -0.4 is 0 Å². The first kappa shape index (κ1) is 21.9. The fourth-order valence-corrected chi connectivity index (χ4v) is 6.93. The highest BCUT2D eigenvalue weighted by Gasteiger charge is 2.31. The van der Waals surface area contributed by atoms with Crippen LogP contribution in [0.25, 0.3) is 5.69 Å². The summed E-state index contributed by atoms with van der Waals surface area (Å²) in [5.41, 5.74) is 5.91. The number of carbonyl (C=O) groups is 1. The predicted molar refractivity (Wildman–Crippen MR) is 124 cm³/mol. The SMILES string of the molecule is Cc1cccc(-n2ccnc2SCC(=O)c2cc(C)n(C3CCS(=O)(=O)C3)c2C)c1C. The van der Waals surface area contributed by atoms with Gasteiger partial charge >= 0.3 is 0 Å². The maximum Gasteiger partial charge on any atom is 0.175 e. The molecule has 0 aliphatic carbocycles. The van der Waals surface area contributed by atoms with Gasteiger partial charge in [0.05, 0.1) is 22.9 Å². The Morgan fingerprint density at radius 1 is 1.23 bits per heavy atom. The van der Waals surface area contributed by atoms with Crippen molar-refractivity contribution in [2.45, 2.75) is 45.3 Å². The molecule has 1 saturated heterocycles. The summed E-state index contributed by atoms with van der Waals surface area (Å²) >= 11 is 1.42. The van der Waals surface area contributed by atoms with E-state index in [1.165, 1.54) is 22.9 Å². The Hall–Kier alpha value is -2.32. The second kappa shape index (κ2) is 8.31. The van der Waals surface area contributed by atoms with Gasteiger partial charge in [-0.05, 0) is 57.4 Å². The summed E-state index contributed by atoms with van der Waals surface area (Å²) in [7, 11) is -2.99. The number of Topliss-reactive ketones (excluding diaryl/α,β-unsaturated/α-hetero) is 1. The van der Waals surface area contributed by atoms with Crippen molar-refractivity contribution in [2.24, 2.45) is 0 Å². The number of nitrogens with zero attached hydrogens (tertiary/aromatic N) is 3. The second-order valence-electron chi connectivity index (χ2n) is 8.22. The van der Waals surface area contributed by atoms with Crippen molar-refractivity contribution in [1.29, 1.82) is 0 Å². The topological polar surface area (TPSA) is 74.0 Å². The molecule has 0 saturated carbocycles. The summed E-state index contributed by atoms with van der Waals surface area (Å²) in [6.07, 6.45) is 4.27. The highest BCUT2D eigenvalue weighted by molar-refractivity contribution is 7.99. The van der Waals surface area contributed by atoms with E-state index in [2.05, 4.69) is 31.0 Å². The van der Waals surface area contributed by atoms with E-state index in [4.69, 9.17) is 0 Å². The molecule has 1 fully saturated rings. The number of rotatable bonds is 6. The molecule has 4 rings (SSSR count). The second-order valence-corrected chi connectivity index (χ2v) is 11.4. The zero-order chi connectivity index (χ0) is 22.3. The van der Waals surface area contributed by atoms with Crippen molar-refractivity contribution in [3.8, 4) is 5.69 Å². The van der Waals surface area contributed by atoms with E-state index >= 15 is 0 Å². The molecule has 1 aliphatic heterocycles. The normalized spacial score (nSPS) is 17.9. The third kappa shape index (κ3) is 4.23. The molecular weight excluding hydrogens is 430 g/mol. The zero-order valence-electron chi connectivity index (χ0n) is 18.3. The molecule has 0 radical (unpaired) electrons. The number of aromatic nitrogens is 3. The largest absolute Gasteiger partial charge is 0.344 e. The molecule has 8 heteroatoms. The van der Waals surface area contributed by atoms with E-state index in [1.54, 1.807) is 6.20 Å². The third-order valence-electron chi connectivity index (χ3n) is 6.13. The van der Waals surface area contributed by atoms with E-state index in [-0.39, 0.29) is 29.1 Å². The average molecular weight is 458 g/mol. The van der Waals surface area contributed by atoms with E-state index < -0.39 is 9.84 Å². The highest BCUT2D eigenvalue weighted by atomic mass is 32.2. The van der Waals surface area contributed by atoms with Crippen LogP contribution in [0.1, 0.15) is 45.3 Å². The lowest BCUT2D eigenvalue weighted by Gasteiger charge is -2.16. The van der Waals surface area contributed by atoms with Gasteiger partial charge in [0.25, 0.3) is 0 Å². The maximum absolute atomic E-state index is 13.0. The Morgan fingerprint density at radius 3 is 2.71 bits per heavy atom. The molecule has 1 unspecified atom stereocenters. The van der Waals surface area contributed by atoms with Crippen molar-refractivity contribution in [2.75, 3.05) is 17.3 Å². The zero-order valence-corrected chi connectivity index (χ0v) is 19.9. The van der Waals surface area contributed by atoms with Crippen LogP contribution in [0.5, 0.6) is 0 Å². The smallest absolute Gasteiger partial charge is 0.175 e. The number of imidazole rings is 1. The number of carbonyl (C=O) groups excluding carboxylic acids is 1. The van der Waals surface area contributed by atoms with E-state index in [1.807, 2.05) is 41.3 Å². The average Bonchev–Trinajstić information content (AvgIpc) is 3.39. The Bertz CT molecular complexity index is 1260. The molecule has 164 valence electrons. The van der Waals surface area contributed by atoms with Crippen LogP contribution in [-0.4, -0.2) is 45.6 Å². The summed E-state index contributed by atoms with van der Waals surface area (Å²) in [5, 5.41) is 0.776. The van der Waals surface area contributed by atoms with Crippen molar-refractivity contribution in [3.63, 3.8) is 0 Å². The van der Waals surface area contributed by atoms with Crippen molar-refractivity contribution >= 4 is 27.4 Å². The summed E-state index contributed by atoms with van der Waals surface area (Å²) in [4.78, 5) is 17.5. The molecule has 0 bridgehead atoms. The minimum absolute atomic E-state index is 0.0284. The monoisotopic (exact) mass is 457 g/mol. The minimum atomic E-state index is -2.99. The van der Waals surface area contributed by atoms with Crippen LogP contribution in [0, 0.1) is 27.7 Å². The summed E-state index contributed by atoms with van der Waals surface area (Å²) in [6.45, 7) is 8.02. The quantitative estimate of drug-likeness (QED) is 0.409. The van der Waals surface area contributed by atoms with Crippen LogP contribution in [0.2, 0.25) is 0 Å². The first-order valence-corrected chi connectivity index (χ1v) is 13.1. The molecule has 0 spiro atoms. The van der Waals surface area contributed by atoms with Crippen LogP contribution in [-0.2, 0) is 9.84 Å². The van der Waals surface area contributed by atoms with Crippen molar-refractivity contribution in [1.82, 2.24) is 14.1 Å². The fourth-order valence-electron chi connectivity index (χ4n) is 4.38.